The molecule has 0 aromatic carbocycles. The van der Waals surface area contributed by atoms with Gasteiger partial charge in [-0.2, -0.15) is 0 Å². The molecule has 0 radical (unpaired) electrons. The van der Waals surface area contributed by atoms with Gasteiger partial charge in [-0.05, 0) is 18.3 Å². The maximum Gasteiger partial charge on any atom is 0.151 e. The summed E-state index contributed by atoms with van der Waals surface area (Å²) in [6.45, 7) is 3.08. The zero-order chi connectivity index (χ0) is 10.0. The molecule has 1 unspecified atom stereocenters. The van der Waals surface area contributed by atoms with Gasteiger partial charge in [0.05, 0.1) is 18.1 Å². The van der Waals surface area contributed by atoms with Crippen molar-refractivity contribution in [3.05, 3.63) is 0 Å². The SMILES string of the molecule is O=S(=O)(CC1CNC1)CC1CCOC1. The predicted octanol–water partition coefficient (Wildman–Crippen LogP) is -0.343. The summed E-state index contributed by atoms with van der Waals surface area (Å²) < 4.78 is 28.6. The van der Waals surface area contributed by atoms with Crippen LogP contribution in [0.5, 0.6) is 0 Å². The van der Waals surface area contributed by atoms with Gasteiger partial charge in [-0.15, -0.1) is 0 Å². The van der Waals surface area contributed by atoms with Gasteiger partial charge in [-0.25, -0.2) is 8.42 Å². The van der Waals surface area contributed by atoms with Gasteiger partial charge in [0.2, 0.25) is 0 Å². The number of hydrogen-bond donors (Lipinski definition) is 1. The average molecular weight is 219 g/mol. The van der Waals surface area contributed by atoms with Crippen LogP contribution in [0.1, 0.15) is 6.42 Å². The van der Waals surface area contributed by atoms with E-state index in [0.29, 0.717) is 24.0 Å². The number of hydrogen-bond acceptors (Lipinski definition) is 4. The van der Waals surface area contributed by atoms with Crippen molar-refractivity contribution in [1.29, 1.82) is 0 Å². The van der Waals surface area contributed by atoms with Crippen molar-refractivity contribution in [3.63, 3.8) is 0 Å². The standard InChI is InChI=1S/C9H17NO3S/c11-14(12,7-9-3-10-4-9)6-8-1-2-13-5-8/h8-10H,1-7H2. The van der Waals surface area contributed by atoms with Crippen LogP contribution in [0.2, 0.25) is 0 Å². The zero-order valence-electron chi connectivity index (χ0n) is 8.24. The third-order valence-corrected chi connectivity index (χ3v) is 4.83. The molecule has 0 spiro atoms. The molecule has 0 aromatic heterocycles. The molecule has 2 heterocycles. The number of sulfone groups is 1. The Bertz CT molecular complexity index is 278. The van der Waals surface area contributed by atoms with Gasteiger partial charge >= 0.3 is 0 Å². The highest BCUT2D eigenvalue weighted by atomic mass is 32.2. The molecule has 2 fully saturated rings. The Kier molecular flexibility index (Phi) is 3.09. The van der Waals surface area contributed by atoms with Gasteiger partial charge in [0, 0.05) is 19.7 Å². The van der Waals surface area contributed by atoms with E-state index in [2.05, 4.69) is 5.32 Å². The largest absolute Gasteiger partial charge is 0.381 e. The second-order valence-electron chi connectivity index (χ2n) is 4.33. The Morgan fingerprint density at radius 2 is 1.93 bits per heavy atom. The quantitative estimate of drug-likeness (QED) is 0.702. The summed E-state index contributed by atoms with van der Waals surface area (Å²) in [5.41, 5.74) is 0. The third-order valence-electron chi connectivity index (χ3n) is 2.87. The van der Waals surface area contributed by atoms with Crippen molar-refractivity contribution in [1.82, 2.24) is 5.32 Å². The van der Waals surface area contributed by atoms with Crippen LogP contribution in [0.4, 0.5) is 0 Å². The average Bonchev–Trinajstić information content (AvgIpc) is 2.49. The van der Waals surface area contributed by atoms with E-state index in [-0.39, 0.29) is 5.92 Å². The monoisotopic (exact) mass is 219 g/mol. The summed E-state index contributed by atoms with van der Waals surface area (Å²) in [5.74, 6) is 1.27. The van der Waals surface area contributed by atoms with E-state index in [9.17, 15) is 8.42 Å². The van der Waals surface area contributed by atoms with Gasteiger partial charge in [0.15, 0.2) is 9.84 Å². The van der Waals surface area contributed by atoms with E-state index in [1.165, 1.54) is 0 Å². The van der Waals surface area contributed by atoms with E-state index < -0.39 is 9.84 Å². The van der Waals surface area contributed by atoms with Gasteiger partial charge in [0.1, 0.15) is 0 Å². The number of ether oxygens (including phenoxy) is 1. The Labute approximate surface area is 84.9 Å². The second-order valence-corrected chi connectivity index (χ2v) is 6.48. The summed E-state index contributed by atoms with van der Waals surface area (Å²) >= 11 is 0. The van der Waals surface area contributed by atoms with E-state index in [1.807, 2.05) is 0 Å². The van der Waals surface area contributed by atoms with Crippen molar-refractivity contribution in [2.45, 2.75) is 6.42 Å². The van der Waals surface area contributed by atoms with E-state index in [0.717, 1.165) is 26.1 Å². The van der Waals surface area contributed by atoms with Gasteiger partial charge in [-0.3, -0.25) is 0 Å². The number of rotatable bonds is 4. The Hall–Kier alpha value is -0.130. The molecule has 1 atom stereocenters. The molecule has 0 amide bonds. The molecule has 2 aliphatic rings. The van der Waals surface area contributed by atoms with Gasteiger partial charge in [0.25, 0.3) is 0 Å². The fourth-order valence-electron chi connectivity index (χ4n) is 1.97. The summed E-state index contributed by atoms with van der Waals surface area (Å²) in [6, 6.07) is 0. The highest BCUT2D eigenvalue weighted by Gasteiger charge is 2.28. The first-order chi connectivity index (χ1) is 6.66. The molecule has 2 aliphatic heterocycles. The lowest BCUT2D eigenvalue weighted by Crippen LogP contribution is -2.46. The molecule has 5 heteroatoms. The van der Waals surface area contributed by atoms with Crippen molar-refractivity contribution in [2.75, 3.05) is 37.8 Å². The Morgan fingerprint density at radius 1 is 1.21 bits per heavy atom. The highest BCUT2D eigenvalue weighted by Crippen LogP contribution is 2.17. The summed E-state index contributed by atoms with van der Waals surface area (Å²) in [5, 5.41) is 3.09. The lowest BCUT2D eigenvalue weighted by atomic mass is 10.1. The van der Waals surface area contributed by atoms with Gasteiger partial charge in [-0.1, -0.05) is 0 Å². The lowest BCUT2D eigenvalue weighted by Gasteiger charge is -2.27. The Balaban J connectivity index is 1.81. The van der Waals surface area contributed by atoms with E-state index in [4.69, 9.17) is 4.74 Å². The minimum atomic E-state index is -2.85. The fourth-order valence-corrected chi connectivity index (χ4v) is 4.04. The van der Waals surface area contributed by atoms with Crippen LogP contribution in [0, 0.1) is 11.8 Å². The molecule has 0 aliphatic carbocycles. The molecule has 0 aromatic rings. The van der Waals surface area contributed by atoms with Crippen molar-refractivity contribution in [3.8, 4) is 0 Å². The third kappa shape index (κ3) is 2.68. The smallest absolute Gasteiger partial charge is 0.151 e. The first kappa shape index (κ1) is 10.4. The molecular formula is C9H17NO3S. The molecule has 14 heavy (non-hydrogen) atoms. The molecule has 82 valence electrons. The van der Waals surface area contributed by atoms with Crippen LogP contribution in [0.15, 0.2) is 0 Å². The number of nitrogens with one attached hydrogen (secondary N) is 1. The van der Waals surface area contributed by atoms with Crippen LogP contribution in [-0.4, -0.2) is 46.2 Å². The first-order valence-corrected chi connectivity index (χ1v) is 6.97. The summed E-state index contributed by atoms with van der Waals surface area (Å²) in [6.07, 6.45) is 0.905. The normalized spacial score (nSPS) is 29.0. The summed E-state index contributed by atoms with van der Waals surface area (Å²) in [7, 11) is -2.85. The van der Waals surface area contributed by atoms with E-state index >= 15 is 0 Å². The zero-order valence-corrected chi connectivity index (χ0v) is 9.05. The minimum absolute atomic E-state index is 0.244. The van der Waals surface area contributed by atoms with E-state index in [1.54, 1.807) is 0 Å². The molecule has 2 rings (SSSR count). The van der Waals surface area contributed by atoms with Gasteiger partial charge < -0.3 is 10.1 Å². The van der Waals surface area contributed by atoms with Crippen molar-refractivity contribution < 1.29 is 13.2 Å². The fraction of sp³-hybridized carbons (Fsp3) is 1.00. The minimum Gasteiger partial charge on any atom is -0.381 e. The molecule has 0 saturated carbocycles. The van der Waals surface area contributed by atoms with Crippen LogP contribution in [0.3, 0.4) is 0 Å². The maximum atomic E-state index is 11.7. The highest BCUT2D eigenvalue weighted by molar-refractivity contribution is 7.91. The molecule has 1 N–H and O–H groups in total. The van der Waals surface area contributed by atoms with Crippen LogP contribution >= 0.6 is 0 Å². The molecular weight excluding hydrogens is 202 g/mol. The van der Waals surface area contributed by atoms with Crippen LogP contribution < -0.4 is 5.32 Å². The Morgan fingerprint density at radius 3 is 2.43 bits per heavy atom. The van der Waals surface area contributed by atoms with Crippen LogP contribution in [0.25, 0.3) is 0 Å². The topological polar surface area (TPSA) is 55.4 Å². The van der Waals surface area contributed by atoms with Crippen molar-refractivity contribution in [2.24, 2.45) is 11.8 Å². The molecule has 2 saturated heterocycles. The first-order valence-electron chi connectivity index (χ1n) is 5.14. The molecule has 4 nitrogen and oxygen atoms in total. The second kappa shape index (κ2) is 4.16. The summed E-state index contributed by atoms with van der Waals surface area (Å²) in [4.78, 5) is 0. The van der Waals surface area contributed by atoms with Crippen LogP contribution in [-0.2, 0) is 14.6 Å². The lowest BCUT2D eigenvalue weighted by molar-refractivity contribution is 0.188. The predicted molar refractivity (Wildman–Crippen MR) is 53.9 cm³/mol. The van der Waals surface area contributed by atoms with Crippen molar-refractivity contribution >= 4 is 9.84 Å². The maximum absolute atomic E-state index is 11.7. The molecule has 0 bridgehead atoms.